The summed E-state index contributed by atoms with van der Waals surface area (Å²) in [6, 6.07) is 8.00. The van der Waals surface area contributed by atoms with Crippen LogP contribution < -0.4 is 0 Å². The first-order chi connectivity index (χ1) is 8.61. The zero-order valence-corrected chi connectivity index (χ0v) is 12.0. The smallest absolute Gasteiger partial charge is 0.137 e. The summed E-state index contributed by atoms with van der Waals surface area (Å²) < 4.78 is 5.76. The van der Waals surface area contributed by atoms with Crippen molar-refractivity contribution in [2.45, 2.75) is 38.5 Å². The van der Waals surface area contributed by atoms with E-state index in [0.717, 1.165) is 23.0 Å². The molecule has 0 amide bonds. The summed E-state index contributed by atoms with van der Waals surface area (Å²) in [5, 5.41) is 11.8. The fourth-order valence-corrected chi connectivity index (χ4v) is 2.76. The fourth-order valence-electron chi connectivity index (χ4n) is 1.85. The molecule has 0 radical (unpaired) electrons. The number of benzene rings is 1. The minimum absolute atomic E-state index is 0.518. The van der Waals surface area contributed by atoms with Gasteiger partial charge in [-0.05, 0) is 25.0 Å². The largest absolute Gasteiger partial charge is 0.458 e. The maximum absolute atomic E-state index is 10.1. The predicted octanol–water partition coefficient (Wildman–Crippen LogP) is 4.31. The number of aliphatic hydroxyl groups excluding tert-OH is 1. The molecule has 0 aliphatic carbocycles. The van der Waals surface area contributed by atoms with Gasteiger partial charge in [0.1, 0.15) is 17.4 Å². The van der Waals surface area contributed by atoms with Crippen LogP contribution in [-0.4, -0.2) is 16.1 Å². The van der Waals surface area contributed by atoms with Crippen molar-refractivity contribution in [1.82, 2.24) is 0 Å². The normalized spacial score (nSPS) is 14.9. The van der Waals surface area contributed by atoms with Gasteiger partial charge in [0.15, 0.2) is 0 Å². The summed E-state index contributed by atoms with van der Waals surface area (Å²) in [5.74, 6) is 1.36. The van der Waals surface area contributed by atoms with Crippen LogP contribution in [0.1, 0.15) is 37.7 Å². The molecule has 2 unspecified atom stereocenters. The Bertz CT molecular complexity index is 518. The third kappa shape index (κ3) is 2.90. The molecular weight excluding hydrogens is 244 g/mol. The number of aryl methyl sites for hydroxylation is 1. The Kier molecular flexibility index (Phi) is 4.36. The third-order valence-electron chi connectivity index (χ3n) is 3.20. The van der Waals surface area contributed by atoms with Crippen molar-refractivity contribution in [3.8, 4) is 0 Å². The van der Waals surface area contributed by atoms with Gasteiger partial charge < -0.3 is 9.52 Å². The second kappa shape index (κ2) is 5.81. The van der Waals surface area contributed by atoms with E-state index in [9.17, 15) is 5.11 Å². The topological polar surface area (TPSA) is 33.4 Å². The summed E-state index contributed by atoms with van der Waals surface area (Å²) in [6.45, 7) is 6.37. The number of hydrogen-bond acceptors (Lipinski definition) is 3. The molecule has 1 aromatic heterocycles. The molecule has 3 heteroatoms. The average Bonchev–Trinajstić information content (AvgIpc) is 2.81. The molecule has 0 aliphatic heterocycles. The second-order valence-corrected chi connectivity index (χ2v) is 6.18. The molecule has 98 valence electrons. The summed E-state index contributed by atoms with van der Waals surface area (Å²) in [4.78, 5) is 0. The van der Waals surface area contributed by atoms with Crippen LogP contribution in [0.3, 0.4) is 0 Å². The van der Waals surface area contributed by atoms with E-state index in [1.165, 1.54) is 0 Å². The first-order valence-corrected chi connectivity index (χ1v) is 7.45. The maximum Gasteiger partial charge on any atom is 0.137 e. The molecule has 1 N–H and O–H groups in total. The summed E-state index contributed by atoms with van der Waals surface area (Å²) in [5.41, 5.74) is 2.00. The van der Waals surface area contributed by atoms with E-state index in [-0.39, 0.29) is 0 Å². The van der Waals surface area contributed by atoms with Crippen LogP contribution in [0.4, 0.5) is 0 Å². The first kappa shape index (κ1) is 13.5. The lowest BCUT2D eigenvalue weighted by molar-refractivity contribution is 0.176. The number of para-hydroxylation sites is 1. The maximum atomic E-state index is 10.1. The predicted molar refractivity (Wildman–Crippen MR) is 78.1 cm³/mol. The molecule has 0 aliphatic rings. The fraction of sp³-hybridized carbons (Fsp3) is 0.467. The molecule has 18 heavy (non-hydrogen) atoms. The molecule has 2 nitrogen and oxygen atoms in total. The highest BCUT2D eigenvalue weighted by Crippen LogP contribution is 2.29. The lowest BCUT2D eigenvalue weighted by Gasteiger charge is -2.11. The first-order valence-electron chi connectivity index (χ1n) is 6.40. The number of hydrogen-bond donors (Lipinski definition) is 1. The Morgan fingerprint density at radius 3 is 2.83 bits per heavy atom. The highest BCUT2D eigenvalue weighted by molar-refractivity contribution is 7.99. The second-order valence-electron chi connectivity index (χ2n) is 4.71. The molecular formula is C15H20O2S. The molecule has 0 bridgehead atoms. The van der Waals surface area contributed by atoms with Gasteiger partial charge in [0, 0.05) is 16.4 Å². The van der Waals surface area contributed by atoms with Crippen LogP contribution in [0.15, 0.2) is 28.7 Å². The van der Waals surface area contributed by atoms with E-state index in [2.05, 4.69) is 13.8 Å². The van der Waals surface area contributed by atoms with Gasteiger partial charge in [0.2, 0.25) is 0 Å². The lowest BCUT2D eigenvalue weighted by Crippen LogP contribution is -2.03. The molecule has 1 heterocycles. The van der Waals surface area contributed by atoms with Crippen molar-refractivity contribution in [1.29, 1.82) is 0 Å². The van der Waals surface area contributed by atoms with Gasteiger partial charge in [-0.3, -0.25) is 0 Å². The van der Waals surface area contributed by atoms with Gasteiger partial charge in [-0.2, -0.15) is 11.8 Å². The van der Waals surface area contributed by atoms with Crippen LogP contribution in [0.25, 0.3) is 11.0 Å². The van der Waals surface area contributed by atoms with Crippen molar-refractivity contribution in [2.75, 3.05) is 5.75 Å². The van der Waals surface area contributed by atoms with Crippen LogP contribution >= 0.6 is 11.8 Å². The van der Waals surface area contributed by atoms with Crippen LogP contribution in [0.2, 0.25) is 0 Å². The monoisotopic (exact) mass is 264 g/mol. The number of rotatable bonds is 5. The number of thioether (sulfide) groups is 1. The highest BCUT2D eigenvalue weighted by Gasteiger charge is 2.15. The number of furan rings is 1. The van der Waals surface area contributed by atoms with E-state index in [1.807, 2.05) is 31.2 Å². The summed E-state index contributed by atoms with van der Waals surface area (Å²) >= 11 is 1.78. The van der Waals surface area contributed by atoms with Gasteiger partial charge in [-0.15, -0.1) is 0 Å². The Labute approximate surface area is 112 Å². The molecule has 0 saturated carbocycles. The Morgan fingerprint density at radius 2 is 2.17 bits per heavy atom. The average molecular weight is 264 g/mol. The van der Waals surface area contributed by atoms with Gasteiger partial charge in [-0.1, -0.05) is 32.0 Å². The molecule has 0 spiro atoms. The van der Waals surface area contributed by atoms with Crippen molar-refractivity contribution in [3.05, 3.63) is 35.6 Å². The van der Waals surface area contributed by atoms with Crippen LogP contribution in [-0.2, 0) is 0 Å². The van der Waals surface area contributed by atoms with Crippen molar-refractivity contribution in [2.24, 2.45) is 0 Å². The van der Waals surface area contributed by atoms with Crippen molar-refractivity contribution < 1.29 is 9.52 Å². The van der Waals surface area contributed by atoms with E-state index in [1.54, 1.807) is 11.8 Å². The van der Waals surface area contributed by atoms with Crippen LogP contribution in [0.5, 0.6) is 0 Å². The van der Waals surface area contributed by atoms with Gasteiger partial charge in [0.05, 0.1) is 0 Å². The number of fused-ring (bicyclic) bond motifs is 1. The lowest BCUT2D eigenvalue weighted by atomic mass is 10.2. The Morgan fingerprint density at radius 1 is 1.39 bits per heavy atom. The molecule has 0 fully saturated rings. The zero-order chi connectivity index (χ0) is 13.1. The minimum atomic E-state index is -0.518. The molecule has 2 aromatic rings. The third-order valence-corrected chi connectivity index (χ3v) is 4.61. The SMILES string of the molecule is CCC(C)SCC(O)c1cc2cccc(C)c2o1. The Balaban J connectivity index is 2.13. The minimum Gasteiger partial charge on any atom is -0.458 e. The van der Waals surface area contributed by atoms with Gasteiger partial charge in [-0.25, -0.2) is 0 Å². The molecule has 2 rings (SSSR count). The van der Waals surface area contributed by atoms with Gasteiger partial charge in [0.25, 0.3) is 0 Å². The Hall–Kier alpha value is -0.930. The molecule has 2 atom stereocenters. The van der Waals surface area contributed by atoms with E-state index in [0.29, 0.717) is 16.8 Å². The molecule has 1 aromatic carbocycles. The van der Waals surface area contributed by atoms with E-state index >= 15 is 0 Å². The standard InChI is InChI=1S/C15H20O2S/c1-4-11(3)18-9-13(16)14-8-12-7-5-6-10(2)15(12)17-14/h5-8,11,13,16H,4,9H2,1-3H3. The van der Waals surface area contributed by atoms with Gasteiger partial charge >= 0.3 is 0 Å². The summed E-state index contributed by atoms with van der Waals surface area (Å²) in [7, 11) is 0. The number of aliphatic hydroxyl groups is 1. The quantitative estimate of drug-likeness (QED) is 0.873. The summed E-state index contributed by atoms with van der Waals surface area (Å²) in [6.07, 6.45) is 0.604. The highest BCUT2D eigenvalue weighted by atomic mass is 32.2. The van der Waals surface area contributed by atoms with E-state index < -0.39 is 6.10 Å². The zero-order valence-electron chi connectivity index (χ0n) is 11.1. The van der Waals surface area contributed by atoms with Crippen molar-refractivity contribution in [3.63, 3.8) is 0 Å². The van der Waals surface area contributed by atoms with Crippen molar-refractivity contribution >= 4 is 22.7 Å². The van der Waals surface area contributed by atoms with E-state index in [4.69, 9.17) is 4.42 Å². The van der Waals surface area contributed by atoms with Crippen LogP contribution in [0, 0.1) is 6.92 Å². The molecule has 0 saturated heterocycles.